The Labute approximate surface area is 97.2 Å². The van der Waals surface area contributed by atoms with Crippen molar-refractivity contribution in [3.8, 4) is 0 Å². The third-order valence-electron chi connectivity index (χ3n) is 2.32. The molecule has 4 N–H and O–H groups in total. The number of carbonyl (C=O) groups is 2. The Kier molecular flexibility index (Phi) is 5.44. The molecule has 0 fully saturated rings. The number of carbonyl (C=O) groups excluding carboxylic acids is 2. The van der Waals surface area contributed by atoms with Gasteiger partial charge in [-0.05, 0) is 19.3 Å². The maximum Gasteiger partial charge on any atom is 0.242 e. The summed E-state index contributed by atoms with van der Waals surface area (Å²) in [6, 6.07) is -1.18. The van der Waals surface area contributed by atoms with Gasteiger partial charge in [-0.1, -0.05) is 20.8 Å². The van der Waals surface area contributed by atoms with E-state index in [1.54, 1.807) is 6.92 Å². The summed E-state index contributed by atoms with van der Waals surface area (Å²) in [6.45, 7) is 9.66. The highest BCUT2D eigenvalue weighted by Gasteiger charge is 2.29. The number of amides is 2. The second-order valence-electron chi connectivity index (χ2n) is 4.97. The van der Waals surface area contributed by atoms with Crippen LogP contribution < -0.4 is 16.4 Å². The summed E-state index contributed by atoms with van der Waals surface area (Å²) in [6.07, 6.45) is 0. The van der Waals surface area contributed by atoms with Crippen LogP contribution >= 0.6 is 0 Å². The normalized spacial score (nSPS) is 15.1. The van der Waals surface area contributed by atoms with Crippen LogP contribution in [0.25, 0.3) is 0 Å². The second-order valence-corrected chi connectivity index (χ2v) is 4.97. The minimum Gasteiger partial charge on any atom is -0.355 e. The number of rotatable bonds is 4. The Morgan fingerprint density at radius 2 is 1.75 bits per heavy atom. The highest BCUT2D eigenvalue weighted by atomic mass is 16.2. The lowest BCUT2D eigenvalue weighted by Crippen LogP contribution is -2.54. The highest BCUT2D eigenvalue weighted by molar-refractivity contribution is 5.89. The largest absolute Gasteiger partial charge is 0.355 e. The zero-order chi connectivity index (χ0) is 12.9. The van der Waals surface area contributed by atoms with Gasteiger partial charge < -0.3 is 16.4 Å². The van der Waals surface area contributed by atoms with E-state index in [9.17, 15) is 9.59 Å². The van der Waals surface area contributed by atoms with Gasteiger partial charge in [-0.25, -0.2) is 0 Å². The SMILES string of the molecule is CCNC(=O)C(C)NC(=O)C(N)C(C)(C)C. The zero-order valence-corrected chi connectivity index (χ0v) is 10.8. The first-order valence-corrected chi connectivity index (χ1v) is 5.53. The standard InChI is InChI=1S/C11H23N3O2/c1-6-13-9(15)7(2)14-10(16)8(12)11(3,4)5/h7-8H,6,12H2,1-5H3,(H,13,15)(H,14,16). The summed E-state index contributed by atoms with van der Waals surface area (Å²) in [5.74, 6) is -0.497. The van der Waals surface area contributed by atoms with E-state index in [0.29, 0.717) is 6.54 Å². The molecule has 16 heavy (non-hydrogen) atoms. The van der Waals surface area contributed by atoms with Crippen molar-refractivity contribution in [2.24, 2.45) is 11.1 Å². The quantitative estimate of drug-likeness (QED) is 0.634. The Hall–Kier alpha value is -1.10. The number of nitrogens with two attached hydrogens (primary N) is 1. The van der Waals surface area contributed by atoms with Crippen molar-refractivity contribution in [1.82, 2.24) is 10.6 Å². The summed E-state index contributed by atoms with van der Waals surface area (Å²) in [5.41, 5.74) is 5.46. The van der Waals surface area contributed by atoms with E-state index < -0.39 is 12.1 Å². The van der Waals surface area contributed by atoms with Crippen molar-refractivity contribution in [3.05, 3.63) is 0 Å². The molecule has 0 heterocycles. The van der Waals surface area contributed by atoms with E-state index in [2.05, 4.69) is 10.6 Å². The Morgan fingerprint density at radius 1 is 1.25 bits per heavy atom. The fraction of sp³-hybridized carbons (Fsp3) is 0.818. The number of likely N-dealkylation sites (N-methyl/N-ethyl adjacent to an activating group) is 1. The molecule has 2 unspecified atom stereocenters. The lowest BCUT2D eigenvalue weighted by atomic mass is 9.87. The van der Waals surface area contributed by atoms with Gasteiger partial charge in [0.1, 0.15) is 6.04 Å². The van der Waals surface area contributed by atoms with Gasteiger partial charge in [0.2, 0.25) is 11.8 Å². The van der Waals surface area contributed by atoms with Gasteiger partial charge in [0.15, 0.2) is 0 Å². The Balaban J connectivity index is 4.30. The monoisotopic (exact) mass is 229 g/mol. The average molecular weight is 229 g/mol. The molecule has 0 rings (SSSR count). The molecule has 2 amide bonds. The molecule has 0 aliphatic heterocycles. The van der Waals surface area contributed by atoms with E-state index in [0.717, 1.165) is 0 Å². The molecule has 0 aromatic carbocycles. The van der Waals surface area contributed by atoms with Gasteiger partial charge in [0.25, 0.3) is 0 Å². The van der Waals surface area contributed by atoms with E-state index >= 15 is 0 Å². The molecule has 0 aromatic rings. The molecule has 5 heteroatoms. The van der Waals surface area contributed by atoms with Gasteiger partial charge in [-0.15, -0.1) is 0 Å². The van der Waals surface area contributed by atoms with E-state index in [1.807, 2.05) is 27.7 Å². The summed E-state index contributed by atoms with van der Waals surface area (Å²) in [4.78, 5) is 23.1. The molecule has 0 aromatic heterocycles. The molecule has 0 spiro atoms. The first kappa shape index (κ1) is 14.9. The number of hydrogen-bond donors (Lipinski definition) is 3. The van der Waals surface area contributed by atoms with Crippen molar-refractivity contribution in [2.75, 3.05) is 6.54 Å². The fourth-order valence-corrected chi connectivity index (χ4v) is 1.09. The van der Waals surface area contributed by atoms with Gasteiger partial charge in [-0.2, -0.15) is 0 Å². The van der Waals surface area contributed by atoms with Crippen LogP contribution in [0.15, 0.2) is 0 Å². The van der Waals surface area contributed by atoms with Gasteiger partial charge in [0.05, 0.1) is 6.04 Å². The zero-order valence-electron chi connectivity index (χ0n) is 10.8. The number of nitrogens with one attached hydrogen (secondary N) is 2. The van der Waals surface area contributed by atoms with E-state index in [-0.39, 0.29) is 17.2 Å². The maximum atomic E-state index is 11.7. The molecule has 94 valence electrons. The van der Waals surface area contributed by atoms with E-state index in [4.69, 9.17) is 5.73 Å². The van der Waals surface area contributed by atoms with Crippen molar-refractivity contribution in [2.45, 2.75) is 46.7 Å². The molecule has 0 bridgehead atoms. The van der Waals surface area contributed by atoms with Crippen LogP contribution in [0.3, 0.4) is 0 Å². The van der Waals surface area contributed by atoms with Crippen molar-refractivity contribution < 1.29 is 9.59 Å². The maximum absolute atomic E-state index is 11.7. The van der Waals surface area contributed by atoms with Crippen LogP contribution in [0.5, 0.6) is 0 Å². The smallest absolute Gasteiger partial charge is 0.242 e. The molecule has 0 saturated heterocycles. The van der Waals surface area contributed by atoms with Gasteiger partial charge in [-0.3, -0.25) is 9.59 Å². The molecular weight excluding hydrogens is 206 g/mol. The minimum absolute atomic E-state index is 0.197. The topological polar surface area (TPSA) is 84.2 Å². The Bertz CT molecular complexity index is 258. The first-order chi connectivity index (χ1) is 7.20. The van der Waals surface area contributed by atoms with Crippen LogP contribution in [0.1, 0.15) is 34.6 Å². The number of hydrogen-bond acceptors (Lipinski definition) is 3. The van der Waals surface area contributed by atoms with Crippen LogP contribution in [-0.4, -0.2) is 30.4 Å². The molecule has 0 aliphatic carbocycles. The van der Waals surface area contributed by atoms with Crippen molar-refractivity contribution in [3.63, 3.8) is 0 Å². The minimum atomic E-state index is -0.621. The second kappa shape index (κ2) is 5.84. The summed E-state index contributed by atoms with van der Waals surface area (Å²) in [7, 11) is 0. The third kappa shape index (κ3) is 4.61. The third-order valence-corrected chi connectivity index (χ3v) is 2.32. The summed E-state index contributed by atoms with van der Waals surface area (Å²) in [5, 5.41) is 5.23. The molecule has 0 saturated carbocycles. The van der Waals surface area contributed by atoms with Crippen molar-refractivity contribution in [1.29, 1.82) is 0 Å². The van der Waals surface area contributed by atoms with Crippen molar-refractivity contribution >= 4 is 11.8 Å². The molecule has 0 aliphatic rings. The average Bonchev–Trinajstić information content (AvgIpc) is 2.15. The van der Waals surface area contributed by atoms with E-state index in [1.165, 1.54) is 0 Å². The summed E-state index contributed by atoms with van der Waals surface area (Å²) < 4.78 is 0. The molecule has 0 radical (unpaired) electrons. The van der Waals surface area contributed by atoms with Crippen LogP contribution in [-0.2, 0) is 9.59 Å². The predicted octanol–water partition coefficient (Wildman–Crippen LogP) is 0.000600. The lowest BCUT2D eigenvalue weighted by molar-refractivity contribution is -0.130. The van der Waals surface area contributed by atoms with Gasteiger partial charge in [0, 0.05) is 6.54 Å². The van der Waals surface area contributed by atoms with Crippen LogP contribution in [0.4, 0.5) is 0 Å². The highest BCUT2D eigenvalue weighted by Crippen LogP contribution is 2.17. The molecular formula is C11H23N3O2. The molecule has 5 nitrogen and oxygen atoms in total. The van der Waals surface area contributed by atoms with Gasteiger partial charge >= 0.3 is 0 Å². The fourth-order valence-electron chi connectivity index (χ4n) is 1.09. The molecule has 2 atom stereocenters. The predicted molar refractivity (Wildman–Crippen MR) is 63.7 cm³/mol. The van der Waals surface area contributed by atoms with Crippen LogP contribution in [0, 0.1) is 5.41 Å². The summed E-state index contributed by atoms with van der Waals surface area (Å²) >= 11 is 0. The van der Waals surface area contributed by atoms with Crippen LogP contribution in [0.2, 0.25) is 0 Å². The first-order valence-electron chi connectivity index (χ1n) is 5.53. The lowest BCUT2D eigenvalue weighted by Gasteiger charge is -2.27. The Morgan fingerprint density at radius 3 is 2.12 bits per heavy atom.